The summed E-state index contributed by atoms with van der Waals surface area (Å²) in [5.41, 5.74) is 2.02. The Hall–Kier alpha value is -1.48. The van der Waals surface area contributed by atoms with Gasteiger partial charge in [-0.15, -0.1) is 0 Å². The lowest BCUT2D eigenvalue weighted by Crippen LogP contribution is -2.17. The Morgan fingerprint density at radius 2 is 1.89 bits per heavy atom. The molecule has 1 aromatic heterocycles. The average molecular weight is 245 g/mol. The second-order valence-corrected chi connectivity index (χ2v) is 5.07. The van der Waals surface area contributed by atoms with E-state index in [0.29, 0.717) is 5.92 Å². The minimum atomic E-state index is -0.215. The van der Waals surface area contributed by atoms with Gasteiger partial charge in [-0.3, -0.25) is 4.98 Å². The number of hydrogen-bond donors (Lipinski definition) is 1. The molecule has 1 aliphatic carbocycles. The maximum absolute atomic E-state index is 13.4. The van der Waals surface area contributed by atoms with Crippen molar-refractivity contribution in [2.24, 2.45) is 0 Å². The maximum Gasteiger partial charge on any atom is 0.123 e. The Morgan fingerprint density at radius 3 is 2.67 bits per heavy atom. The fraction of sp³-hybridized carbons (Fsp3) is 0.400. The van der Waals surface area contributed by atoms with Gasteiger partial charge in [0.25, 0.3) is 0 Å². The van der Waals surface area contributed by atoms with Gasteiger partial charge in [0.1, 0.15) is 5.82 Å². The number of rotatable bonds is 1. The smallest absolute Gasteiger partial charge is 0.123 e. The molecular weight excluding hydrogens is 229 g/mol. The molecule has 0 spiro atoms. The third kappa shape index (κ3) is 2.10. The Kier molecular flexibility index (Phi) is 3.00. The summed E-state index contributed by atoms with van der Waals surface area (Å²) in [6, 6.07) is 6.74. The van der Waals surface area contributed by atoms with E-state index in [0.717, 1.165) is 36.6 Å². The molecule has 2 nitrogen and oxygen atoms in total. The number of benzene rings is 1. The van der Waals surface area contributed by atoms with E-state index in [4.69, 9.17) is 0 Å². The number of pyridine rings is 1. The Balaban J connectivity index is 2.03. The molecule has 0 aliphatic heterocycles. The molecule has 0 saturated heterocycles. The fourth-order valence-corrected chi connectivity index (χ4v) is 2.88. The zero-order valence-electron chi connectivity index (χ0n) is 10.1. The number of aliphatic hydroxyl groups is 1. The van der Waals surface area contributed by atoms with Crippen molar-refractivity contribution >= 4 is 10.9 Å². The first-order valence-electron chi connectivity index (χ1n) is 6.46. The highest BCUT2D eigenvalue weighted by Gasteiger charge is 2.22. The van der Waals surface area contributed by atoms with Crippen LogP contribution in [0.15, 0.2) is 30.5 Å². The number of halogens is 1. The Labute approximate surface area is 105 Å². The fourth-order valence-electron chi connectivity index (χ4n) is 2.88. The van der Waals surface area contributed by atoms with Gasteiger partial charge in [0.2, 0.25) is 0 Å². The Morgan fingerprint density at radius 1 is 1.11 bits per heavy atom. The predicted molar refractivity (Wildman–Crippen MR) is 68.9 cm³/mol. The minimum Gasteiger partial charge on any atom is -0.393 e. The third-order valence-electron chi connectivity index (χ3n) is 3.87. The lowest BCUT2D eigenvalue weighted by Gasteiger charge is -2.26. The SMILES string of the molecule is O[C@H]1CC[C@H](c2ccnc3ccc(F)cc32)CC1. The second-order valence-electron chi connectivity index (χ2n) is 5.07. The molecule has 1 N–H and O–H groups in total. The van der Waals surface area contributed by atoms with Crippen molar-refractivity contribution in [3.05, 3.63) is 41.8 Å². The molecule has 0 amide bonds. The van der Waals surface area contributed by atoms with Gasteiger partial charge in [0.15, 0.2) is 0 Å². The van der Waals surface area contributed by atoms with Gasteiger partial charge in [-0.25, -0.2) is 4.39 Å². The van der Waals surface area contributed by atoms with Crippen LogP contribution >= 0.6 is 0 Å². The standard InChI is InChI=1S/C15H16FNO/c16-11-3-6-15-14(9-11)13(7-8-17-15)10-1-4-12(18)5-2-10/h3,6-10,12,18H,1-2,4-5H2/t10-,12-. The summed E-state index contributed by atoms with van der Waals surface area (Å²) in [6.07, 6.45) is 5.24. The van der Waals surface area contributed by atoms with Gasteiger partial charge in [0, 0.05) is 11.6 Å². The van der Waals surface area contributed by atoms with E-state index in [-0.39, 0.29) is 11.9 Å². The maximum atomic E-state index is 13.4. The van der Waals surface area contributed by atoms with Gasteiger partial charge >= 0.3 is 0 Å². The van der Waals surface area contributed by atoms with Crippen LogP contribution in [0.25, 0.3) is 10.9 Å². The highest BCUT2D eigenvalue weighted by molar-refractivity contribution is 5.82. The molecule has 0 radical (unpaired) electrons. The molecule has 1 fully saturated rings. The van der Waals surface area contributed by atoms with Crippen LogP contribution in [0, 0.1) is 5.82 Å². The first kappa shape index (κ1) is 11.6. The lowest BCUT2D eigenvalue weighted by atomic mass is 9.81. The van der Waals surface area contributed by atoms with Crippen LogP contribution in [-0.4, -0.2) is 16.2 Å². The summed E-state index contributed by atoms with van der Waals surface area (Å²) in [6.45, 7) is 0. The van der Waals surface area contributed by atoms with E-state index in [1.807, 2.05) is 6.07 Å². The quantitative estimate of drug-likeness (QED) is 0.835. The summed E-state index contributed by atoms with van der Waals surface area (Å²) < 4.78 is 13.4. The second kappa shape index (κ2) is 4.65. The number of hydrogen-bond acceptors (Lipinski definition) is 2. The molecule has 0 unspecified atom stereocenters. The molecule has 2 aromatic rings. The van der Waals surface area contributed by atoms with E-state index < -0.39 is 0 Å². The van der Waals surface area contributed by atoms with Crippen molar-refractivity contribution in [2.75, 3.05) is 0 Å². The normalized spacial score (nSPS) is 24.3. The average Bonchev–Trinajstić information content (AvgIpc) is 2.39. The molecule has 94 valence electrons. The first-order valence-corrected chi connectivity index (χ1v) is 6.46. The van der Waals surface area contributed by atoms with Gasteiger partial charge in [-0.05, 0) is 61.4 Å². The van der Waals surface area contributed by atoms with Crippen molar-refractivity contribution in [1.29, 1.82) is 0 Å². The number of aliphatic hydroxyl groups excluding tert-OH is 1. The number of nitrogens with zero attached hydrogens (tertiary/aromatic N) is 1. The molecule has 3 heteroatoms. The van der Waals surface area contributed by atoms with Crippen molar-refractivity contribution in [2.45, 2.75) is 37.7 Å². The summed E-state index contributed by atoms with van der Waals surface area (Å²) in [4.78, 5) is 4.28. The molecule has 1 heterocycles. The van der Waals surface area contributed by atoms with Crippen LogP contribution in [0.3, 0.4) is 0 Å². The van der Waals surface area contributed by atoms with E-state index in [2.05, 4.69) is 4.98 Å². The topological polar surface area (TPSA) is 33.1 Å². The summed E-state index contributed by atoms with van der Waals surface area (Å²) in [5.74, 6) is 0.202. The van der Waals surface area contributed by atoms with Crippen LogP contribution in [0.1, 0.15) is 37.2 Å². The van der Waals surface area contributed by atoms with E-state index >= 15 is 0 Å². The van der Waals surface area contributed by atoms with Gasteiger partial charge in [0.05, 0.1) is 11.6 Å². The largest absolute Gasteiger partial charge is 0.393 e. The highest BCUT2D eigenvalue weighted by atomic mass is 19.1. The summed E-state index contributed by atoms with van der Waals surface area (Å²) in [5, 5.41) is 10.5. The highest BCUT2D eigenvalue weighted by Crippen LogP contribution is 2.36. The van der Waals surface area contributed by atoms with Crippen molar-refractivity contribution in [3.63, 3.8) is 0 Å². The van der Waals surface area contributed by atoms with Crippen molar-refractivity contribution < 1.29 is 9.50 Å². The lowest BCUT2D eigenvalue weighted by molar-refractivity contribution is 0.122. The van der Waals surface area contributed by atoms with Gasteiger partial charge < -0.3 is 5.11 Å². The van der Waals surface area contributed by atoms with E-state index in [1.165, 1.54) is 11.6 Å². The zero-order valence-corrected chi connectivity index (χ0v) is 10.1. The molecule has 3 rings (SSSR count). The van der Waals surface area contributed by atoms with Crippen molar-refractivity contribution in [3.8, 4) is 0 Å². The molecule has 1 aliphatic rings. The molecule has 0 bridgehead atoms. The predicted octanol–water partition coefficient (Wildman–Crippen LogP) is 3.39. The number of aromatic nitrogens is 1. The number of fused-ring (bicyclic) bond motifs is 1. The van der Waals surface area contributed by atoms with Crippen LogP contribution in [0.2, 0.25) is 0 Å². The van der Waals surface area contributed by atoms with Crippen LogP contribution < -0.4 is 0 Å². The molecule has 1 saturated carbocycles. The molecule has 1 aromatic carbocycles. The van der Waals surface area contributed by atoms with E-state index in [1.54, 1.807) is 18.3 Å². The van der Waals surface area contributed by atoms with Crippen LogP contribution in [0.4, 0.5) is 4.39 Å². The third-order valence-corrected chi connectivity index (χ3v) is 3.87. The minimum absolute atomic E-state index is 0.161. The van der Waals surface area contributed by atoms with Crippen LogP contribution in [0.5, 0.6) is 0 Å². The van der Waals surface area contributed by atoms with Gasteiger partial charge in [-0.2, -0.15) is 0 Å². The van der Waals surface area contributed by atoms with Gasteiger partial charge in [-0.1, -0.05) is 0 Å². The van der Waals surface area contributed by atoms with Crippen LogP contribution in [-0.2, 0) is 0 Å². The zero-order chi connectivity index (χ0) is 12.5. The summed E-state index contributed by atoms with van der Waals surface area (Å²) in [7, 11) is 0. The monoisotopic (exact) mass is 245 g/mol. The van der Waals surface area contributed by atoms with Crippen molar-refractivity contribution in [1.82, 2.24) is 4.98 Å². The van der Waals surface area contributed by atoms with E-state index in [9.17, 15) is 9.50 Å². The Bertz CT molecular complexity index is 561. The molecular formula is C15H16FNO. The molecule has 0 atom stereocenters. The molecule has 18 heavy (non-hydrogen) atoms. The summed E-state index contributed by atoms with van der Waals surface area (Å²) >= 11 is 0. The first-order chi connectivity index (χ1) is 8.74.